The third-order valence-electron chi connectivity index (χ3n) is 1.85. The van der Waals surface area contributed by atoms with Gasteiger partial charge in [0, 0.05) is 0 Å². The lowest BCUT2D eigenvalue weighted by Crippen LogP contribution is -2.19. The minimum absolute atomic E-state index is 0.251. The van der Waals surface area contributed by atoms with Crippen LogP contribution in [0.3, 0.4) is 0 Å². The first-order valence-corrected chi connectivity index (χ1v) is 6.11. The molecule has 0 N–H and O–H groups in total. The summed E-state index contributed by atoms with van der Waals surface area (Å²) in [6.45, 7) is 5.42. The van der Waals surface area contributed by atoms with Crippen LogP contribution in [0, 0.1) is 5.82 Å². The lowest BCUT2D eigenvalue weighted by Gasteiger charge is -2.12. The van der Waals surface area contributed by atoms with Crippen LogP contribution in [0.1, 0.15) is 26.3 Å². The predicted molar refractivity (Wildman–Crippen MR) is 66.2 cm³/mol. The quantitative estimate of drug-likeness (QED) is 0.780. The molecule has 17 heavy (non-hydrogen) atoms. The summed E-state index contributed by atoms with van der Waals surface area (Å²) in [5.74, 6) is -0.241. The molecule has 0 aliphatic rings. The first kappa shape index (κ1) is 13.8. The van der Waals surface area contributed by atoms with Gasteiger partial charge in [0.05, 0.1) is 29.8 Å². The fraction of sp³-hybridized carbons (Fsp3) is 0.455. The maximum absolute atomic E-state index is 13.0. The molecule has 1 rings (SSSR count). The molecule has 0 saturated carbocycles. The topological polar surface area (TPSA) is 51.6 Å². The molecule has 1 heterocycles. The smallest absolute Gasteiger partial charge is 0.222 e. The summed E-state index contributed by atoms with van der Waals surface area (Å²) in [5.41, 5.74) is 0.366. The van der Waals surface area contributed by atoms with Crippen LogP contribution in [-0.2, 0) is 11.0 Å². The molecule has 0 aliphatic carbocycles. The number of aromatic nitrogens is 1. The Balaban J connectivity index is 2.98. The van der Waals surface area contributed by atoms with E-state index in [1.165, 1.54) is 19.4 Å². The van der Waals surface area contributed by atoms with E-state index >= 15 is 0 Å². The molecule has 0 radical (unpaired) electrons. The van der Waals surface area contributed by atoms with Crippen LogP contribution in [0.15, 0.2) is 16.7 Å². The number of rotatable bonds is 3. The van der Waals surface area contributed by atoms with Crippen LogP contribution in [0.25, 0.3) is 0 Å². The van der Waals surface area contributed by atoms with Gasteiger partial charge in [-0.3, -0.25) is 0 Å². The molecule has 4 nitrogen and oxygen atoms in total. The highest BCUT2D eigenvalue weighted by atomic mass is 32.2. The van der Waals surface area contributed by atoms with E-state index in [0.717, 1.165) is 6.20 Å². The maximum Gasteiger partial charge on any atom is 0.222 e. The number of halogens is 1. The van der Waals surface area contributed by atoms with E-state index in [0.29, 0.717) is 5.56 Å². The Morgan fingerprint density at radius 2 is 2.18 bits per heavy atom. The molecule has 1 atom stereocenters. The highest BCUT2D eigenvalue weighted by molar-refractivity contribution is 7.85. The lowest BCUT2D eigenvalue weighted by atomic mass is 10.3. The zero-order chi connectivity index (χ0) is 13.1. The molecule has 0 aliphatic heterocycles. The van der Waals surface area contributed by atoms with E-state index in [2.05, 4.69) is 9.38 Å². The summed E-state index contributed by atoms with van der Waals surface area (Å²) in [6.07, 6.45) is 2.37. The number of hydrogen-bond acceptors (Lipinski definition) is 3. The first-order chi connectivity index (χ1) is 7.84. The van der Waals surface area contributed by atoms with Crippen molar-refractivity contribution in [2.75, 3.05) is 7.11 Å². The van der Waals surface area contributed by atoms with Gasteiger partial charge in [-0.15, -0.1) is 0 Å². The minimum atomic E-state index is -1.39. The van der Waals surface area contributed by atoms with E-state index in [1.807, 2.05) is 20.8 Å². The van der Waals surface area contributed by atoms with Crippen LogP contribution >= 0.6 is 0 Å². The molecule has 0 unspecified atom stereocenters. The molecular formula is C11H15FN2O2S. The van der Waals surface area contributed by atoms with Gasteiger partial charge in [0.15, 0.2) is 0 Å². The molecule has 0 amide bonds. The van der Waals surface area contributed by atoms with Crippen molar-refractivity contribution < 1.29 is 13.3 Å². The Morgan fingerprint density at radius 3 is 2.71 bits per heavy atom. The van der Waals surface area contributed by atoms with Gasteiger partial charge in [-0.1, -0.05) is 0 Å². The summed E-state index contributed by atoms with van der Waals surface area (Å²) in [6, 6.07) is 1.23. The summed E-state index contributed by atoms with van der Waals surface area (Å²) < 4.78 is 33.0. The van der Waals surface area contributed by atoms with Crippen LogP contribution in [-0.4, -0.2) is 27.3 Å². The Bertz CT molecular complexity index is 455. The second-order valence-corrected chi connectivity index (χ2v) is 6.28. The van der Waals surface area contributed by atoms with E-state index in [-0.39, 0.29) is 5.88 Å². The molecule has 0 aromatic carbocycles. The zero-order valence-corrected chi connectivity index (χ0v) is 11.0. The minimum Gasteiger partial charge on any atom is -0.481 e. The Kier molecular flexibility index (Phi) is 4.34. The Hall–Kier alpha value is -1.30. The van der Waals surface area contributed by atoms with Gasteiger partial charge in [0.1, 0.15) is 16.8 Å². The van der Waals surface area contributed by atoms with Gasteiger partial charge < -0.3 is 4.74 Å². The highest BCUT2D eigenvalue weighted by Gasteiger charge is 2.18. The molecule has 94 valence electrons. The van der Waals surface area contributed by atoms with E-state index in [9.17, 15) is 8.60 Å². The number of nitrogens with zero attached hydrogens (tertiary/aromatic N) is 2. The number of methoxy groups -OCH3 is 1. The molecule has 0 fully saturated rings. The molecular weight excluding hydrogens is 243 g/mol. The van der Waals surface area contributed by atoms with Gasteiger partial charge >= 0.3 is 0 Å². The third kappa shape index (κ3) is 3.89. The molecule has 0 spiro atoms. The van der Waals surface area contributed by atoms with Crippen LogP contribution < -0.4 is 4.74 Å². The first-order valence-electron chi connectivity index (χ1n) is 5.00. The maximum atomic E-state index is 13.0. The predicted octanol–water partition coefficient (Wildman–Crippen LogP) is 2.11. The zero-order valence-electron chi connectivity index (χ0n) is 10.2. The number of pyridine rings is 1. The lowest BCUT2D eigenvalue weighted by molar-refractivity contribution is 0.395. The Labute approximate surface area is 103 Å². The van der Waals surface area contributed by atoms with Crippen molar-refractivity contribution in [3.05, 3.63) is 23.6 Å². The molecule has 0 saturated heterocycles. The van der Waals surface area contributed by atoms with Crippen molar-refractivity contribution in [2.45, 2.75) is 25.5 Å². The number of hydrogen-bond donors (Lipinski definition) is 0. The second kappa shape index (κ2) is 5.35. The van der Waals surface area contributed by atoms with E-state index in [4.69, 9.17) is 4.74 Å². The summed E-state index contributed by atoms with van der Waals surface area (Å²) >= 11 is 0. The van der Waals surface area contributed by atoms with Crippen LogP contribution in [0.4, 0.5) is 4.39 Å². The van der Waals surface area contributed by atoms with Gasteiger partial charge in [0.25, 0.3) is 0 Å². The third-order valence-corrected chi connectivity index (χ3v) is 3.19. The van der Waals surface area contributed by atoms with Crippen LogP contribution in [0.2, 0.25) is 0 Å². The highest BCUT2D eigenvalue weighted by Crippen LogP contribution is 2.16. The van der Waals surface area contributed by atoms with Gasteiger partial charge in [0.2, 0.25) is 5.88 Å². The Morgan fingerprint density at radius 1 is 1.53 bits per heavy atom. The monoisotopic (exact) mass is 258 g/mol. The average molecular weight is 258 g/mol. The van der Waals surface area contributed by atoms with E-state index in [1.54, 1.807) is 0 Å². The normalized spacial score (nSPS) is 13.9. The van der Waals surface area contributed by atoms with Gasteiger partial charge in [-0.05, 0) is 26.8 Å². The van der Waals surface area contributed by atoms with Crippen molar-refractivity contribution in [1.82, 2.24) is 4.98 Å². The second-order valence-electron chi connectivity index (χ2n) is 4.35. The average Bonchev–Trinajstić information content (AvgIpc) is 2.24. The number of ether oxygens (including phenoxy) is 1. The fourth-order valence-electron chi connectivity index (χ4n) is 0.968. The molecule has 6 heteroatoms. The van der Waals surface area contributed by atoms with Crippen molar-refractivity contribution in [3.8, 4) is 5.88 Å². The molecule has 1 aromatic rings. The standard InChI is InChI=1S/C11H15FN2O2S/c1-11(2,3)17(15)14-6-8-5-9(12)7-13-10(8)16-4/h5-7H,1-4H3/t17-/m0/s1. The van der Waals surface area contributed by atoms with E-state index < -0.39 is 21.5 Å². The van der Waals surface area contributed by atoms with Crippen molar-refractivity contribution in [1.29, 1.82) is 0 Å². The van der Waals surface area contributed by atoms with Crippen LogP contribution in [0.5, 0.6) is 5.88 Å². The molecule has 0 bridgehead atoms. The van der Waals surface area contributed by atoms with Crippen molar-refractivity contribution >= 4 is 17.2 Å². The largest absolute Gasteiger partial charge is 0.481 e. The molecule has 1 aromatic heterocycles. The summed E-state index contributed by atoms with van der Waals surface area (Å²) in [5, 5.41) is 0. The van der Waals surface area contributed by atoms with Crippen molar-refractivity contribution in [3.63, 3.8) is 0 Å². The summed E-state index contributed by atoms with van der Waals surface area (Å²) in [4.78, 5) is 3.75. The summed E-state index contributed by atoms with van der Waals surface area (Å²) in [7, 11) is 0.0378. The SMILES string of the molecule is COc1ncc(F)cc1C=N[S@@](=O)C(C)(C)C. The van der Waals surface area contributed by atoms with Crippen molar-refractivity contribution in [2.24, 2.45) is 4.40 Å². The fourth-order valence-corrected chi connectivity index (χ4v) is 1.49. The van der Waals surface area contributed by atoms with Gasteiger partial charge in [-0.2, -0.15) is 4.40 Å². The van der Waals surface area contributed by atoms with Gasteiger partial charge in [-0.25, -0.2) is 13.6 Å².